The first-order chi connectivity index (χ1) is 13.5. The molecule has 150 valence electrons. The van der Waals surface area contributed by atoms with Gasteiger partial charge in [0.15, 0.2) is 0 Å². The highest BCUT2D eigenvalue weighted by atomic mass is 19.1. The molecule has 1 aliphatic rings. The minimum atomic E-state index is -0.278. The van der Waals surface area contributed by atoms with Crippen molar-refractivity contribution in [2.45, 2.75) is 19.5 Å². The molecule has 1 atom stereocenters. The summed E-state index contributed by atoms with van der Waals surface area (Å²) >= 11 is 0. The number of likely N-dealkylation sites (N-methyl/N-ethyl adjacent to an activating group) is 1. The third-order valence-corrected chi connectivity index (χ3v) is 5.32. The van der Waals surface area contributed by atoms with Gasteiger partial charge in [-0.05, 0) is 36.8 Å². The van der Waals surface area contributed by atoms with Crippen molar-refractivity contribution in [2.24, 2.45) is 0 Å². The van der Waals surface area contributed by atoms with Gasteiger partial charge in [-0.1, -0.05) is 18.2 Å². The molecule has 1 heterocycles. The highest BCUT2D eigenvalue weighted by molar-refractivity contribution is 5.81. The molecule has 0 N–H and O–H groups in total. The summed E-state index contributed by atoms with van der Waals surface area (Å²) in [6.07, 6.45) is 0. The van der Waals surface area contributed by atoms with Crippen molar-refractivity contribution in [3.8, 4) is 5.75 Å². The number of ether oxygens (including phenoxy) is 1. The van der Waals surface area contributed by atoms with Gasteiger partial charge in [0.25, 0.3) is 0 Å². The lowest BCUT2D eigenvalue weighted by molar-refractivity contribution is -0.135. The van der Waals surface area contributed by atoms with Crippen molar-refractivity contribution in [3.63, 3.8) is 0 Å². The monoisotopic (exact) mass is 385 g/mol. The molecule has 0 aliphatic carbocycles. The van der Waals surface area contributed by atoms with Gasteiger partial charge in [0.05, 0.1) is 13.2 Å². The lowest BCUT2D eigenvalue weighted by Gasteiger charge is -2.39. The zero-order chi connectivity index (χ0) is 20.1. The maximum absolute atomic E-state index is 13.4. The van der Waals surface area contributed by atoms with Crippen LogP contribution in [0.4, 0.5) is 10.1 Å². The fourth-order valence-corrected chi connectivity index (χ4v) is 3.64. The Morgan fingerprint density at radius 3 is 2.54 bits per heavy atom. The molecule has 1 aliphatic heterocycles. The molecule has 3 rings (SSSR count). The predicted molar refractivity (Wildman–Crippen MR) is 109 cm³/mol. The Bertz CT molecular complexity index is 806. The Balaban J connectivity index is 1.55. The molecule has 0 saturated carbocycles. The summed E-state index contributed by atoms with van der Waals surface area (Å²) in [6.45, 7) is 5.71. The molecule has 0 aromatic heterocycles. The molecule has 5 nitrogen and oxygen atoms in total. The van der Waals surface area contributed by atoms with E-state index in [1.54, 1.807) is 25.1 Å². The highest BCUT2D eigenvalue weighted by Crippen LogP contribution is 2.22. The van der Waals surface area contributed by atoms with E-state index in [0.717, 1.165) is 43.2 Å². The summed E-state index contributed by atoms with van der Waals surface area (Å²) in [5.74, 6) is 0.626. The van der Waals surface area contributed by atoms with Crippen molar-refractivity contribution in [3.05, 3.63) is 59.9 Å². The van der Waals surface area contributed by atoms with Crippen LogP contribution in [0, 0.1) is 5.82 Å². The van der Waals surface area contributed by atoms with Crippen LogP contribution in [-0.2, 0) is 11.3 Å². The second-order valence-electron chi connectivity index (χ2n) is 7.22. The summed E-state index contributed by atoms with van der Waals surface area (Å²) in [7, 11) is 3.45. The Kier molecular flexibility index (Phi) is 6.52. The highest BCUT2D eigenvalue weighted by Gasteiger charge is 2.27. The molecule has 28 heavy (non-hydrogen) atoms. The number of amides is 1. The zero-order valence-electron chi connectivity index (χ0n) is 16.8. The Morgan fingerprint density at radius 1 is 1.14 bits per heavy atom. The third-order valence-electron chi connectivity index (χ3n) is 5.32. The van der Waals surface area contributed by atoms with Crippen LogP contribution in [0.5, 0.6) is 5.75 Å². The summed E-state index contributed by atoms with van der Waals surface area (Å²) in [6, 6.07) is 14.2. The summed E-state index contributed by atoms with van der Waals surface area (Å²) in [4.78, 5) is 19.0. The molecular weight excluding hydrogens is 357 g/mol. The molecule has 1 saturated heterocycles. The van der Waals surface area contributed by atoms with E-state index in [4.69, 9.17) is 4.74 Å². The molecule has 2 aromatic carbocycles. The maximum Gasteiger partial charge on any atom is 0.239 e. The molecule has 1 unspecified atom stereocenters. The van der Waals surface area contributed by atoms with Gasteiger partial charge >= 0.3 is 0 Å². The van der Waals surface area contributed by atoms with E-state index >= 15 is 0 Å². The van der Waals surface area contributed by atoms with Crippen LogP contribution in [-0.4, -0.2) is 62.1 Å². The number of rotatable bonds is 6. The molecule has 2 aromatic rings. The summed E-state index contributed by atoms with van der Waals surface area (Å²) in [5, 5.41) is 0. The Hall–Kier alpha value is -2.60. The minimum Gasteiger partial charge on any atom is -0.497 e. The van der Waals surface area contributed by atoms with Crippen molar-refractivity contribution in [2.75, 3.05) is 45.2 Å². The van der Waals surface area contributed by atoms with Crippen molar-refractivity contribution in [1.29, 1.82) is 0 Å². The number of benzene rings is 2. The van der Waals surface area contributed by atoms with Crippen LogP contribution < -0.4 is 9.64 Å². The Morgan fingerprint density at radius 2 is 1.86 bits per heavy atom. The van der Waals surface area contributed by atoms with E-state index in [2.05, 4.69) is 15.9 Å². The van der Waals surface area contributed by atoms with Crippen molar-refractivity contribution in [1.82, 2.24) is 9.80 Å². The second kappa shape index (κ2) is 9.06. The molecule has 1 amide bonds. The van der Waals surface area contributed by atoms with Crippen LogP contribution in [0.25, 0.3) is 0 Å². The van der Waals surface area contributed by atoms with Gasteiger partial charge in [0.2, 0.25) is 5.91 Å². The number of anilines is 1. The fraction of sp³-hybridized carbons (Fsp3) is 0.409. The molecule has 0 bridgehead atoms. The average Bonchev–Trinajstić information content (AvgIpc) is 2.73. The van der Waals surface area contributed by atoms with Crippen molar-refractivity contribution < 1.29 is 13.9 Å². The standard InChI is InChI=1S/C22H28FN3O2/c1-17(22(27)24(2)16-18-6-4-7-19(23)14-18)25-10-12-26(13-11-25)20-8-5-9-21(15-20)28-3/h4-9,14-15,17H,10-13,16H2,1-3H3. The third kappa shape index (κ3) is 4.81. The first kappa shape index (κ1) is 20.1. The van der Waals surface area contributed by atoms with Crippen molar-refractivity contribution >= 4 is 11.6 Å². The lowest BCUT2D eigenvalue weighted by atomic mass is 10.1. The molecule has 6 heteroatoms. The van der Waals surface area contributed by atoms with Crippen LogP contribution >= 0.6 is 0 Å². The van der Waals surface area contributed by atoms with Gasteiger partial charge in [-0.3, -0.25) is 9.69 Å². The number of hydrogen-bond acceptors (Lipinski definition) is 4. The zero-order valence-corrected chi connectivity index (χ0v) is 16.8. The number of carbonyl (C=O) groups excluding carboxylic acids is 1. The van der Waals surface area contributed by atoms with Crippen LogP contribution in [0.1, 0.15) is 12.5 Å². The molecule has 0 spiro atoms. The van der Waals surface area contributed by atoms with Gasteiger partial charge in [-0.15, -0.1) is 0 Å². The van der Waals surface area contributed by atoms with E-state index in [9.17, 15) is 9.18 Å². The quantitative estimate of drug-likeness (QED) is 0.766. The Labute approximate surface area is 166 Å². The van der Waals surface area contributed by atoms with Crippen LogP contribution in [0.2, 0.25) is 0 Å². The number of nitrogens with zero attached hydrogens (tertiary/aromatic N) is 3. The normalized spacial score (nSPS) is 15.9. The number of hydrogen-bond donors (Lipinski definition) is 0. The first-order valence-electron chi connectivity index (χ1n) is 9.60. The van der Waals surface area contributed by atoms with E-state index < -0.39 is 0 Å². The van der Waals surface area contributed by atoms with E-state index in [-0.39, 0.29) is 17.8 Å². The molecule has 1 fully saturated rings. The first-order valence-corrected chi connectivity index (χ1v) is 9.60. The van der Waals surface area contributed by atoms with Gasteiger partial charge in [0.1, 0.15) is 11.6 Å². The summed E-state index contributed by atoms with van der Waals surface area (Å²) < 4.78 is 18.7. The number of halogens is 1. The van der Waals surface area contributed by atoms with E-state index in [1.807, 2.05) is 31.2 Å². The minimum absolute atomic E-state index is 0.0547. The number of piperazine rings is 1. The SMILES string of the molecule is COc1cccc(N2CCN(C(C)C(=O)N(C)Cc3cccc(F)c3)CC2)c1. The van der Waals surface area contributed by atoms with Crippen LogP contribution in [0.15, 0.2) is 48.5 Å². The molecular formula is C22H28FN3O2. The number of carbonyl (C=O) groups is 1. The summed E-state index contributed by atoms with van der Waals surface area (Å²) in [5.41, 5.74) is 1.94. The smallest absolute Gasteiger partial charge is 0.239 e. The van der Waals surface area contributed by atoms with E-state index in [0.29, 0.717) is 6.54 Å². The topological polar surface area (TPSA) is 36.0 Å². The van der Waals surface area contributed by atoms with Gasteiger partial charge in [-0.25, -0.2) is 4.39 Å². The van der Waals surface area contributed by atoms with Gasteiger partial charge in [-0.2, -0.15) is 0 Å². The van der Waals surface area contributed by atoms with Gasteiger partial charge < -0.3 is 14.5 Å². The molecule has 0 radical (unpaired) electrons. The van der Waals surface area contributed by atoms with E-state index in [1.165, 1.54) is 12.1 Å². The fourth-order valence-electron chi connectivity index (χ4n) is 3.64. The van der Waals surface area contributed by atoms with Crippen LogP contribution in [0.3, 0.4) is 0 Å². The largest absolute Gasteiger partial charge is 0.497 e. The van der Waals surface area contributed by atoms with Gasteiger partial charge in [0, 0.05) is 51.5 Å². The maximum atomic E-state index is 13.4. The average molecular weight is 385 g/mol. The number of methoxy groups -OCH3 is 1. The predicted octanol–water partition coefficient (Wildman–Crippen LogP) is 3.00. The second-order valence-corrected chi connectivity index (χ2v) is 7.22. The lowest BCUT2D eigenvalue weighted by Crippen LogP contribution is -2.54.